The van der Waals surface area contributed by atoms with Gasteiger partial charge in [-0.05, 0) is 30.7 Å². The second kappa shape index (κ2) is 6.13. The van der Waals surface area contributed by atoms with E-state index < -0.39 is 0 Å². The first-order valence-electron chi connectivity index (χ1n) is 6.69. The quantitative estimate of drug-likeness (QED) is 0.852. The zero-order valence-electron chi connectivity index (χ0n) is 11.1. The third-order valence-corrected chi connectivity index (χ3v) is 4.69. The van der Waals surface area contributed by atoms with E-state index in [1.54, 1.807) is 24.7 Å². The fourth-order valence-corrected chi connectivity index (χ4v) is 3.53. The molecule has 0 N–H and O–H groups in total. The first-order valence-corrected chi connectivity index (χ1v) is 7.74. The smallest absolute Gasteiger partial charge is 0.255 e. The molecule has 1 saturated heterocycles. The van der Waals surface area contributed by atoms with Gasteiger partial charge in [0.25, 0.3) is 5.91 Å². The molecule has 0 radical (unpaired) electrons. The van der Waals surface area contributed by atoms with E-state index in [2.05, 4.69) is 4.98 Å². The van der Waals surface area contributed by atoms with Gasteiger partial charge < -0.3 is 9.32 Å². The largest absolute Gasteiger partial charge is 0.468 e. The fraction of sp³-hybridized carbons (Fsp3) is 0.333. The van der Waals surface area contributed by atoms with E-state index in [1.165, 1.54) is 0 Å². The Bertz CT molecular complexity index is 557. The van der Waals surface area contributed by atoms with Crippen molar-refractivity contribution in [2.24, 2.45) is 0 Å². The van der Waals surface area contributed by atoms with Gasteiger partial charge in [-0.15, -0.1) is 11.8 Å². The molecule has 3 heterocycles. The van der Waals surface area contributed by atoms with Crippen LogP contribution in [0.4, 0.5) is 0 Å². The monoisotopic (exact) mass is 288 g/mol. The lowest BCUT2D eigenvalue weighted by molar-refractivity contribution is 0.0765. The van der Waals surface area contributed by atoms with Crippen LogP contribution in [-0.2, 0) is 0 Å². The third kappa shape index (κ3) is 2.88. The number of amides is 1. The van der Waals surface area contributed by atoms with Crippen LogP contribution in [0.5, 0.6) is 0 Å². The molecule has 0 bridgehead atoms. The summed E-state index contributed by atoms with van der Waals surface area (Å²) in [5.41, 5.74) is 0.661. The Hall–Kier alpha value is -1.75. The van der Waals surface area contributed by atoms with E-state index >= 15 is 0 Å². The Morgan fingerprint density at radius 3 is 3.05 bits per heavy atom. The van der Waals surface area contributed by atoms with Gasteiger partial charge in [0.1, 0.15) is 5.76 Å². The van der Waals surface area contributed by atoms with Crippen LogP contribution >= 0.6 is 11.8 Å². The van der Waals surface area contributed by atoms with Crippen LogP contribution in [0.2, 0.25) is 0 Å². The molecule has 1 fully saturated rings. The molecule has 1 atom stereocenters. The Balaban J connectivity index is 1.67. The number of carbonyl (C=O) groups is 1. The van der Waals surface area contributed by atoms with Gasteiger partial charge in [0.15, 0.2) is 0 Å². The van der Waals surface area contributed by atoms with Gasteiger partial charge in [0.2, 0.25) is 0 Å². The second-order valence-corrected chi connectivity index (χ2v) is 6.01. The van der Waals surface area contributed by atoms with Crippen molar-refractivity contribution >= 4 is 17.7 Å². The van der Waals surface area contributed by atoms with Crippen LogP contribution in [0.3, 0.4) is 0 Å². The lowest BCUT2D eigenvalue weighted by Gasteiger charge is -2.19. The van der Waals surface area contributed by atoms with Crippen molar-refractivity contribution in [2.75, 3.05) is 18.8 Å². The second-order valence-electron chi connectivity index (χ2n) is 4.70. The molecule has 0 aliphatic carbocycles. The molecule has 1 aliphatic heterocycles. The molecule has 3 rings (SSSR count). The number of nitrogens with zero attached hydrogens (tertiary/aromatic N) is 2. The minimum absolute atomic E-state index is 0.0683. The highest BCUT2D eigenvalue weighted by atomic mass is 32.2. The fourth-order valence-electron chi connectivity index (χ4n) is 2.35. The standard InChI is InChI=1S/C15H16N2O2S/c18-15(12-3-1-6-16-11-12)17-7-5-14(20-10-8-17)13-4-2-9-19-13/h1-4,6,9,11,14H,5,7-8,10H2. The van der Waals surface area contributed by atoms with Crippen molar-refractivity contribution in [3.05, 3.63) is 54.2 Å². The number of thioether (sulfide) groups is 1. The number of hydrogen-bond acceptors (Lipinski definition) is 4. The SMILES string of the molecule is O=C(c1cccnc1)N1CCSC(c2ccco2)CC1. The van der Waals surface area contributed by atoms with E-state index in [-0.39, 0.29) is 5.91 Å². The molecule has 4 nitrogen and oxygen atoms in total. The van der Waals surface area contributed by atoms with Gasteiger partial charge in [0, 0.05) is 31.2 Å². The molecule has 0 saturated carbocycles. The summed E-state index contributed by atoms with van der Waals surface area (Å²) in [5.74, 6) is 2.00. The summed E-state index contributed by atoms with van der Waals surface area (Å²) in [5, 5.41) is 0.344. The molecular formula is C15H16N2O2S. The summed E-state index contributed by atoms with van der Waals surface area (Å²) in [6, 6.07) is 7.54. The average molecular weight is 288 g/mol. The number of aromatic nitrogens is 1. The van der Waals surface area contributed by atoms with Crippen LogP contribution in [0.15, 0.2) is 47.3 Å². The Morgan fingerprint density at radius 1 is 1.35 bits per heavy atom. The molecule has 2 aromatic rings. The van der Waals surface area contributed by atoms with Crippen LogP contribution < -0.4 is 0 Å². The molecule has 1 amide bonds. The van der Waals surface area contributed by atoms with Gasteiger partial charge >= 0.3 is 0 Å². The number of hydrogen-bond donors (Lipinski definition) is 0. The van der Waals surface area contributed by atoms with Gasteiger partial charge in [0.05, 0.1) is 17.1 Å². The summed E-state index contributed by atoms with van der Waals surface area (Å²) in [6.07, 6.45) is 5.94. The zero-order chi connectivity index (χ0) is 13.8. The number of rotatable bonds is 2. The van der Waals surface area contributed by atoms with Crippen LogP contribution in [0, 0.1) is 0 Å². The van der Waals surface area contributed by atoms with Gasteiger partial charge in [-0.3, -0.25) is 9.78 Å². The minimum Gasteiger partial charge on any atom is -0.468 e. The molecule has 20 heavy (non-hydrogen) atoms. The van der Waals surface area contributed by atoms with E-state index in [9.17, 15) is 4.79 Å². The van der Waals surface area contributed by atoms with Crippen molar-refractivity contribution in [3.8, 4) is 0 Å². The third-order valence-electron chi connectivity index (χ3n) is 3.40. The molecule has 1 aliphatic rings. The zero-order valence-corrected chi connectivity index (χ0v) is 11.9. The Labute approximate surface area is 122 Å². The van der Waals surface area contributed by atoms with E-state index in [4.69, 9.17) is 4.42 Å². The number of furan rings is 1. The summed E-state index contributed by atoms with van der Waals surface area (Å²) < 4.78 is 5.47. The maximum atomic E-state index is 12.4. The van der Waals surface area contributed by atoms with Crippen LogP contribution in [-0.4, -0.2) is 34.6 Å². The lowest BCUT2D eigenvalue weighted by Crippen LogP contribution is -2.33. The van der Waals surface area contributed by atoms with E-state index in [0.29, 0.717) is 10.8 Å². The first kappa shape index (κ1) is 13.2. The number of carbonyl (C=O) groups excluding carboxylic acids is 1. The predicted molar refractivity (Wildman–Crippen MR) is 78.7 cm³/mol. The minimum atomic E-state index is 0.0683. The van der Waals surface area contributed by atoms with E-state index in [1.807, 2.05) is 34.9 Å². The average Bonchev–Trinajstić information content (AvgIpc) is 2.92. The van der Waals surface area contributed by atoms with Crippen LogP contribution in [0.1, 0.15) is 27.8 Å². The summed E-state index contributed by atoms with van der Waals surface area (Å²) >= 11 is 1.85. The predicted octanol–water partition coefficient (Wildman–Crippen LogP) is 3.00. The van der Waals surface area contributed by atoms with E-state index in [0.717, 1.165) is 31.0 Å². The maximum absolute atomic E-state index is 12.4. The normalized spacial score (nSPS) is 19.6. The highest BCUT2D eigenvalue weighted by molar-refractivity contribution is 7.99. The van der Waals surface area contributed by atoms with Crippen molar-refractivity contribution in [1.29, 1.82) is 0 Å². The Kier molecular flexibility index (Phi) is 4.06. The Morgan fingerprint density at radius 2 is 2.30 bits per heavy atom. The molecule has 0 aromatic carbocycles. The van der Waals surface area contributed by atoms with Crippen molar-refractivity contribution in [2.45, 2.75) is 11.7 Å². The highest BCUT2D eigenvalue weighted by Crippen LogP contribution is 2.34. The van der Waals surface area contributed by atoms with Gasteiger partial charge in [-0.1, -0.05) is 0 Å². The molecule has 1 unspecified atom stereocenters. The first-order chi connectivity index (χ1) is 9.84. The maximum Gasteiger partial charge on any atom is 0.255 e. The summed E-state index contributed by atoms with van der Waals surface area (Å²) in [4.78, 5) is 18.3. The van der Waals surface area contributed by atoms with Crippen molar-refractivity contribution in [3.63, 3.8) is 0 Å². The molecule has 104 valence electrons. The lowest BCUT2D eigenvalue weighted by atomic mass is 10.2. The summed E-state index contributed by atoms with van der Waals surface area (Å²) in [6.45, 7) is 1.53. The molecule has 0 spiro atoms. The van der Waals surface area contributed by atoms with Crippen LogP contribution in [0.25, 0.3) is 0 Å². The number of pyridine rings is 1. The highest BCUT2D eigenvalue weighted by Gasteiger charge is 2.24. The summed E-state index contributed by atoms with van der Waals surface area (Å²) in [7, 11) is 0. The molecule has 5 heteroatoms. The van der Waals surface area contributed by atoms with Gasteiger partial charge in [-0.25, -0.2) is 0 Å². The van der Waals surface area contributed by atoms with Crippen molar-refractivity contribution in [1.82, 2.24) is 9.88 Å². The molecule has 2 aromatic heterocycles. The van der Waals surface area contributed by atoms with Crippen molar-refractivity contribution < 1.29 is 9.21 Å². The topological polar surface area (TPSA) is 46.3 Å². The molecular weight excluding hydrogens is 272 g/mol. The van der Waals surface area contributed by atoms with Gasteiger partial charge in [-0.2, -0.15) is 0 Å².